The monoisotopic (exact) mass is 204 g/mol. The molecule has 0 fully saturated rings. The van der Waals surface area contributed by atoms with Crippen molar-refractivity contribution < 1.29 is 18.3 Å². The van der Waals surface area contributed by atoms with Gasteiger partial charge in [0.05, 0.1) is 12.0 Å². The fourth-order valence-electron chi connectivity index (χ4n) is 1.29. The molecule has 0 amide bonds. The van der Waals surface area contributed by atoms with Crippen molar-refractivity contribution in [2.75, 3.05) is 0 Å². The molecule has 1 atom stereocenters. The molecule has 0 aromatic heterocycles. The Morgan fingerprint density at radius 1 is 1.14 bits per heavy atom. The maximum atomic E-state index is 12.1. The van der Waals surface area contributed by atoms with Crippen molar-refractivity contribution in [2.45, 2.75) is 25.1 Å². The van der Waals surface area contributed by atoms with Gasteiger partial charge in [-0.1, -0.05) is 30.3 Å². The minimum Gasteiger partial charge on any atom is -0.385 e. The Morgan fingerprint density at radius 2 is 1.64 bits per heavy atom. The lowest BCUT2D eigenvalue weighted by Crippen LogP contribution is -2.28. The number of aliphatic hydroxyl groups is 1. The molecule has 0 unspecified atom stereocenters. The Hall–Kier alpha value is -1.03. The molecular weight excluding hydrogens is 193 g/mol. The van der Waals surface area contributed by atoms with Crippen LogP contribution >= 0.6 is 0 Å². The first-order valence-electron chi connectivity index (χ1n) is 4.16. The van der Waals surface area contributed by atoms with E-state index in [2.05, 4.69) is 0 Å². The summed E-state index contributed by atoms with van der Waals surface area (Å²) in [4.78, 5) is 0. The zero-order valence-electron chi connectivity index (χ0n) is 7.67. The Morgan fingerprint density at radius 3 is 2.07 bits per heavy atom. The highest BCUT2D eigenvalue weighted by Crippen LogP contribution is 2.33. The highest BCUT2D eigenvalue weighted by molar-refractivity contribution is 5.21. The van der Waals surface area contributed by atoms with Gasteiger partial charge < -0.3 is 5.11 Å². The van der Waals surface area contributed by atoms with E-state index >= 15 is 0 Å². The van der Waals surface area contributed by atoms with Crippen LogP contribution in [0, 0.1) is 0 Å². The van der Waals surface area contributed by atoms with Crippen LogP contribution in [0.3, 0.4) is 0 Å². The molecule has 1 rings (SSSR count). The second-order valence-corrected chi connectivity index (χ2v) is 3.43. The fourth-order valence-corrected chi connectivity index (χ4v) is 1.29. The van der Waals surface area contributed by atoms with Crippen LogP contribution < -0.4 is 0 Å². The van der Waals surface area contributed by atoms with Gasteiger partial charge in [0, 0.05) is 0 Å². The number of rotatable bonds is 2. The van der Waals surface area contributed by atoms with Crippen LogP contribution in [0.4, 0.5) is 13.2 Å². The second kappa shape index (κ2) is 3.61. The predicted molar refractivity (Wildman–Crippen MR) is 46.7 cm³/mol. The molecule has 0 bridgehead atoms. The Kier molecular flexibility index (Phi) is 2.85. The largest absolute Gasteiger partial charge is 0.392 e. The third-order valence-electron chi connectivity index (χ3n) is 1.94. The standard InChI is InChI=1S/C10H11F3O/c1-9(14,7-10(11,12)13)8-5-3-2-4-6-8/h2-6,14H,7H2,1H3/t9-/m0/s1. The van der Waals surface area contributed by atoms with Crippen LogP contribution in [0.1, 0.15) is 18.9 Å². The predicted octanol–water partition coefficient (Wildman–Crippen LogP) is 2.85. The molecule has 14 heavy (non-hydrogen) atoms. The van der Waals surface area contributed by atoms with E-state index in [0.29, 0.717) is 0 Å². The lowest BCUT2D eigenvalue weighted by atomic mass is 9.92. The van der Waals surface area contributed by atoms with Crippen molar-refractivity contribution >= 4 is 0 Å². The second-order valence-electron chi connectivity index (χ2n) is 3.43. The first-order valence-corrected chi connectivity index (χ1v) is 4.16. The molecule has 0 aliphatic heterocycles. The summed E-state index contributed by atoms with van der Waals surface area (Å²) in [5.41, 5.74) is -1.57. The Balaban J connectivity index is 2.86. The lowest BCUT2D eigenvalue weighted by molar-refractivity contribution is -0.174. The molecule has 1 aromatic carbocycles. The van der Waals surface area contributed by atoms with E-state index in [0.717, 1.165) is 6.92 Å². The molecule has 1 N–H and O–H groups in total. The highest BCUT2D eigenvalue weighted by atomic mass is 19.4. The molecule has 0 radical (unpaired) electrons. The van der Waals surface area contributed by atoms with Gasteiger partial charge in [0.1, 0.15) is 0 Å². The maximum Gasteiger partial charge on any atom is 0.392 e. The molecule has 0 saturated carbocycles. The number of alkyl halides is 3. The lowest BCUT2D eigenvalue weighted by Gasteiger charge is -2.24. The van der Waals surface area contributed by atoms with E-state index < -0.39 is 18.2 Å². The van der Waals surface area contributed by atoms with Crippen molar-refractivity contribution in [3.8, 4) is 0 Å². The van der Waals surface area contributed by atoms with Crippen molar-refractivity contribution in [1.82, 2.24) is 0 Å². The molecule has 0 saturated heterocycles. The number of hydrogen-bond acceptors (Lipinski definition) is 1. The van der Waals surface area contributed by atoms with E-state index in [9.17, 15) is 18.3 Å². The summed E-state index contributed by atoms with van der Waals surface area (Å²) in [6.07, 6.45) is -5.59. The zero-order valence-corrected chi connectivity index (χ0v) is 7.67. The molecule has 0 heterocycles. The van der Waals surface area contributed by atoms with E-state index in [1.54, 1.807) is 18.2 Å². The third-order valence-corrected chi connectivity index (χ3v) is 1.94. The minimum atomic E-state index is -4.36. The summed E-state index contributed by atoms with van der Waals surface area (Å²) in [5, 5.41) is 9.60. The quantitative estimate of drug-likeness (QED) is 0.785. The topological polar surface area (TPSA) is 20.2 Å². The molecule has 0 aliphatic carbocycles. The molecule has 1 aromatic rings. The van der Waals surface area contributed by atoms with Crippen molar-refractivity contribution in [2.24, 2.45) is 0 Å². The van der Waals surface area contributed by atoms with E-state index in [1.165, 1.54) is 12.1 Å². The summed E-state index contributed by atoms with van der Waals surface area (Å²) in [5.74, 6) is 0. The van der Waals surface area contributed by atoms with E-state index in [1.807, 2.05) is 0 Å². The van der Waals surface area contributed by atoms with Gasteiger partial charge in [-0.15, -0.1) is 0 Å². The van der Waals surface area contributed by atoms with Gasteiger partial charge in [-0.3, -0.25) is 0 Å². The van der Waals surface area contributed by atoms with Gasteiger partial charge in [-0.05, 0) is 12.5 Å². The van der Waals surface area contributed by atoms with Gasteiger partial charge in [0.25, 0.3) is 0 Å². The van der Waals surface area contributed by atoms with Crippen LogP contribution in [0.5, 0.6) is 0 Å². The van der Waals surface area contributed by atoms with E-state index in [4.69, 9.17) is 0 Å². The number of benzene rings is 1. The SMILES string of the molecule is C[C@](O)(CC(F)(F)F)c1ccccc1. The van der Waals surface area contributed by atoms with Crippen molar-refractivity contribution in [1.29, 1.82) is 0 Å². The van der Waals surface area contributed by atoms with Crippen LogP contribution in [0.2, 0.25) is 0 Å². The molecule has 1 nitrogen and oxygen atoms in total. The molecule has 0 aliphatic rings. The highest BCUT2D eigenvalue weighted by Gasteiger charge is 2.38. The summed E-state index contributed by atoms with van der Waals surface area (Å²) in [7, 11) is 0. The third kappa shape index (κ3) is 3.03. The number of hydrogen-bond donors (Lipinski definition) is 1. The van der Waals surface area contributed by atoms with Gasteiger partial charge in [-0.25, -0.2) is 0 Å². The maximum absolute atomic E-state index is 12.1. The van der Waals surface area contributed by atoms with Crippen LogP contribution in [-0.4, -0.2) is 11.3 Å². The van der Waals surface area contributed by atoms with Crippen LogP contribution in [-0.2, 0) is 5.60 Å². The van der Waals surface area contributed by atoms with Crippen molar-refractivity contribution in [3.63, 3.8) is 0 Å². The van der Waals surface area contributed by atoms with Gasteiger partial charge in [0.2, 0.25) is 0 Å². The molecule has 0 spiro atoms. The molecule has 4 heteroatoms. The van der Waals surface area contributed by atoms with Gasteiger partial charge in [-0.2, -0.15) is 13.2 Å². The van der Waals surface area contributed by atoms with Gasteiger partial charge in [0.15, 0.2) is 0 Å². The average Bonchev–Trinajstić information content (AvgIpc) is 2.01. The smallest absolute Gasteiger partial charge is 0.385 e. The van der Waals surface area contributed by atoms with Gasteiger partial charge >= 0.3 is 6.18 Å². The number of halogens is 3. The first-order chi connectivity index (χ1) is 6.31. The summed E-state index contributed by atoms with van der Waals surface area (Å²) in [6, 6.07) is 7.84. The van der Waals surface area contributed by atoms with Crippen LogP contribution in [0.15, 0.2) is 30.3 Å². The molecule has 78 valence electrons. The summed E-state index contributed by atoms with van der Waals surface area (Å²) < 4.78 is 36.2. The normalized spacial score (nSPS) is 16.4. The Bertz CT molecular complexity index is 290. The van der Waals surface area contributed by atoms with E-state index in [-0.39, 0.29) is 5.56 Å². The first kappa shape index (κ1) is 11.0. The summed E-state index contributed by atoms with van der Waals surface area (Å²) >= 11 is 0. The fraction of sp³-hybridized carbons (Fsp3) is 0.400. The zero-order chi connectivity index (χ0) is 10.8. The Labute approximate surface area is 80.2 Å². The van der Waals surface area contributed by atoms with Crippen LogP contribution in [0.25, 0.3) is 0 Å². The van der Waals surface area contributed by atoms with Crippen molar-refractivity contribution in [3.05, 3.63) is 35.9 Å². The summed E-state index contributed by atoms with van der Waals surface area (Å²) in [6.45, 7) is 1.16. The average molecular weight is 204 g/mol. The minimum absolute atomic E-state index is 0.275. The molecular formula is C10H11F3O.